The minimum absolute atomic E-state index is 0.0287. The quantitative estimate of drug-likeness (QED) is 0.706. The van der Waals surface area contributed by atoms with Crippen LogP contribution in [0.5, 0.6) is 0 Å². The number of rotatable bonds is 8. The third-order valence-electron chi connectivity index (χ3n) is 6.65. The summed E-state index contributed by atoms with van der Waals surface area (Å²) in [5.41, 5.74) is 10.5. The first kappa shape index (κ1) is 22.0. The Bertz CT molecular complexity index is 916. The SMILES string of the molecule is Cc1cc(C(N)=O)cc(C)c1C[C@@H](CNC(=O)[C@@H]1C[C@@]1(C)c1ccccc1)N(C)C. The lowest BCUT2D eigenvalue weighted by molar-refractivity contribution is -0.122. The molecule has 1 aliphatic rings. The van der Waals surface area contributed by atoms with Crippen LogP contribution in [0.3, 0.4) is 0 Å². The standard InChI is InChI=1S/C25H33N3O2/c1-16-11-18(23(26)29)12-17(2)21(16)13-20(28(4)5)15-27-24(30)22-14-25(22,3)19-9-7-6-8-10-19/h6-12,20,22H,13-15H2,1-5H3,(H2,26,29)(H,27,30)/t20-,22-,25-/m0/s1. The number of carbonyl (C=O) groups excluding carboxylic acids is 2. The van der Waals surface area contributed by atoms with Crippen LogP contribution >= 0.6 is 0 Å². The van der Waals surface area contributed by atoms with Crippen molar-refractivity contribution in [2.45, 2.75) is 45.1 Å². The second kappa shape index (κ2) is 8.60. The number of amides is 2. The Balaban J connectivity index is 1.65. The summed E-state index contributed by atoms with van der Waals surface area (Å²) in [6.45, 7) is 6.78. The van der Waals surface area contributed by atoms with E-state index in [0.29, 0.717) is 12.1 Å². The second-order valence-corrected chi connectivity index (χ2v) is 9.06. The molecule has 160 valence electrons. The molecule has 0 heterocycles. The van der Waals surface area contributed by atoms with Gasteiger partial charge >= 0.3 is 0 Å². The predicted octanol–water partition coefficient (Wildman–Crippen LogP) is 2.97. The van der Waals surface area contributed by atoms with Crippen molar-refractivity contribution in [3.8, 4) is 0 Å². The number of hydrogen-bond donors (Lipinski definition) is 2. The van der Waals surface area contributed by atoms with E-state index < -0.39 is 5.91 Å². The first-order valence-corrected chi connectivity index (χ1v) is 10.5. The third-order valence-corrected chi connectivity index (χ3v) is 6.65. The summed E-state index contributed by atoms with van der Waals surface area (Å²) in [6, 6.07) is 14.2. The van der Waals surface area contributed by atoms with Crippen molar-refractivity contribution in [3.05, 3.63) is 70.3 Å². The molecule has 0 aliphatic heterocycles. The van der Waals surface area contributed by atoms with Crippen LogP contribution in [0, 0.1) is 19.8 Å². The van der Waals surface area contributed by atoms with Crippen molar-refractivity contribution in [3.63, 3.8) is 0 Å². The number of primary amides is 1. The highest BCUT2D eigenvalue weighted by atomic mass is 16.2. The molecule has 2 amide bonds. The van der Waals surface area contributed by atoms with Crippen LogP contribution in [0.15, 0.2) is 42.5 Å². The Kier molecular flexibility index (Phi) is 6.32. The summed E-state index contributed by atoms with van der Waals surface area (Å²) in [5, 5.41) is 3.19. The fourth-order valence-corrected chi connectivity index (χ4v) is 4.36. The minimum atomic E-state index is -0.407. The highest BCUT2D eigenvalue weighted by Gasteiger charge is 2.55. The van der Waals surface area contributed by atoms with E-state index in [4.69, 9.17) is 5.73 Å². The molecule has 0 saturated heterocycles. The molecule has 1 saturated carbocycles. The summed E-state index contributed by atoms with van der Waals surface area (Å²) in [4.78, 5) is 26.5. The number of nitrogens with zero attached hydrogens (tertiary/aromatic N) is 1. The number of aryl methyl sites for hydroxylation is 2. The maximum Gasteiger partial charge on any atom is 0.248 e. The fourth-order valence-electron chi connectivity index (χ4n) is 4.36. The molecule has 0 unspecified atom stereocenters. The van der Waals surface area contributed by atoms with E-state index in [0.717, 1.165) is 24.0 Å². The molecular weight excluding hydrogens is 374 g/mol. The smallest absolute Gasteiger partial charge is 0.248 e. The lowest BCUT2D eigenvalue weighted by atomic mass is 9.93. The highest BCUT2D eigenvalue weighted by molar-refractivity contribution is 5.93. The van der Waals surface area contributed by atoms with E-state index in [9.17, 15) is 9.59 Å². The van der Waals surface area contributed by atoms with Crippen molar-refractivity contribution in [1.29, 1.82) is 0 Å². The zero-order valence-corrected chi connectivity index (χ0v) is 18.7. The molecular formula is C25H33N3O2. The Labute approximate surface area is 179 Å². The minimum Gasteiger partial charge on any atom is -0.366 e. The van der Waals surface area contributed by atoms with Gasteiger partial charge in [0.2, 0.25) is 11.8 Å². The lowest BCUT2D eigenvalue weighted by Crippen LogP contribution is -2.42. The zero-order chi connectivity index (χ0) is 22.1. The number of carbonyl (C=O) groups is 2. The summed E-state index contributed by atoms with van der Waals surface area (Å²) in [6.07, 6.45) is 1.69. The first-order chi connectivity index (χ1) is 14.1. The van der Waals surface area contributed by atoms with Gasteiger partial charge in [0.05, 0.1) is 0 Å². The Hall–Kier alpha value is -2.66. The van der Waals surface area contributed by atoms with Gasteiger partial charge in [0.1, 0.15) is 0 Å². The van der Waals surface area contributed by atoms with Gasteiger partial charge in [-0.05, 0) is 75.2 Å². The molecule has 5 heteroatoms. The molecule has 5 nitrogen and oxygen atoms in total. The molecule has 1 aliphatic carbocycles. The average molecular weight is 408 g/mol. The van der Waals surface area contributed by atoms with Crippen LogP contribution in [0.1, 0.15) is 46.0 Å². The van der Waals surface area contributed by atoms with E-state index in [2.05, 4.69) is 29.3 Å². The van der Waals surface area contributed by atoms with Crippen molar-refractivity contribution in [2.24, 2.45) is 11.7 Å². The summed E-state index contributed by atoms with van der Waals surface area (Å²) < 4.78 is 0. The van der Waals surface area contributed by atoms with Gasteiger partial charge < -0.3 is 16.0 Å². The molecule has 0 aromatic heterocycles. The van der Waals surface area contributed by atoms with Crippen molar-refractivity contribution in [1.82, 2.24) is 10.2 Å². The van der Waals surface area contributed by atoms with Gasteiger partial charge in [0.25, 0.3) is 0 Å². The number of nitrogens with one attached hydrogen (secondary N) is 1. The topological polar surface area (TPSA) is 75.4 Å². The normalized spacial score (nSPS) is 21.3. The van der Waals surface area contributed by atoms with Crippen LogP contribution < -0.4 is 11.1 Å². The maximum atomic E-state index is 12.8. The average Bonchev–Trinajstić information content (AvgIpc) is 3.40. The number of nitrogens with two attached hydrogens (primary N) is 1. The lowest BCUT2D eigenvalue weighted by Gasteiger charge is -2.26. The maximum absolute atomic E-state index is 12.8. The zero-order valence-electron chi connectivity index (χ0n) is 18.7. The number of likely N-dealkylation sites (N-methyl/N-ethyl adjacent to an activating group) is 1. The van der Waals surface area contributed by atoms with E-state index in [1.165, 1.54) is 11.1 Å². The fraction of sp³-hybridized carbons (Fsp3) is 0.440. The molecule has 2 aromatic carbocycles. The molecule has 1 fully saturated rings. The molecule has 3 atom stereocenters. The van der Waals surface area contributed by atoms with Gasteiger partial charge in [0.15, 0.2) is 0 Å². The summed E-state index contributed by atoms with van der Waals surface area (Å²) >= 11 is 0. The Morgan fingerprint density at radius 2 is 1.77 bits per heavy atom. The molecule has 2 aromatic rings. The molecule has 0 radical (unpaired) electrons. The highest BCUT2D eigenvalue weighted by Crippen LogP contribution is 2.53. The number of benzene rings is 2. The summed E-state index contributed by atoms with van der Waals surface area (Å²) in [5.74, 6) is -0.248. The van der Waals surface area contributed by atoms with Gasteiger partial charge in [-0.3, -0.25) is 9.59 Å². The monoisotopic (exact) mass is 407 g/mol. The molecule has 3 rings (SSSR count). The largest absolute Gasteiger partial charge is 0.366 e. The van der Waals surface area contributed by atoms with E-state index in [1.807, 2.05) is 58.3 Å². The second-order valence-electron chi connectivity index (χ2n) is 9.06. The van der Waals surface area contributed by atoms with E-state index in [-0.39, 0.29) is 23.3 Å². The molecule has 0 bridgehead atoms. The third kappa shape index (κ3) is 4.57. The van der Waals surface area contributed by atoms with Crippen molar-refractivity contribution < 1.29 is 9.59 Å². The van der Waals surface area contributed by atoms with E-state index >= 15 is 0 Å². The predicted molar refractivity (Wildman–Crippen MR) is 121 cm³/mol. The van der Waals surface area contributed by atoms with Crippen molar-refractivity contribution in [2.75, 3.05) is 20.6 Å². The Morgan fingerprint density at radius 3 is 2.30 bits per heavy atom. The summed E-state index contributed by atoms with van der Waals surface area (Å²) in [7, 11) is 4.06. The molecule has 0 spiro atoms. The van der Waals surface area contributed by atoms with Crippen molar-refractivity contribution >= 4 is 11.8 Å². The number of hydrogen-bond acceptors (Lipinski definition) is 3. The Morgan fingerprint density at radius 1 is 1.17 bits per heavy atom. The van der Waals surface area contributed by atoms with Gasteiger partial charge in [-0.1, -0.05) is 37.3 Å². The van der Waals surface area contributed by atoms with Crippen LogP contribution in [-0.4, -0.2) is 43.4 Å². The van der Waals surface area contributed by atoms with Gasteiger partial charge in [-0.2, -0.15) is 0 Å². The van der Waals surface area contributed by atoms with Gasteiger partial charge in [-0.25, -0.2) is 0 Å². The molecule has 30 heavy (non-hydrogen) atoms. The van der Waals surface area contributed by atoms with Gasteiger partial charge in [0, 0.05) is 29.5 Å². The van der Waals surface area contributed by atoms with Crippen LogP contribution in [0.2, 0.25) is 0 Å². The van der Waals surface area contributed by atoms with E-state index in [1.54, 1.807) is 0 Å². The van der Waals surface area contributed by atoms with Crippen LogP contribution in [-0.2, 0) is 16.6 Å². The first-order valence-electron chi connectivity index (χ1n) is 10.5. The van der Waals surface area contributed by atoms with Gasteiger partial charge in [-0.15, -0.1) is 0 Å². The van der Waals surface area contributed by atoms with Crippen LogP contribution in [0.25, 0.3) is 0 Å². The molecule has 3 N–H and O–H groups in total. The van der Waals surface area contributed by atoms with Crippen LogP contribution in [0.4, 0.5) is 0 Å².